The summed E-state index contributed by atoms with van der Waals surface area (Å²) in [5.41, 5.74) is 11.1. The molecule has 128 valence electrons. The van der Waals surface area contributed by atoms with Crippen molar-refractivity contribution in [2.45, 2.75) is 79.6 Å². The lowest BCUT2D eigenvalue weighted by Gasteiger charge is -2.33. The molecule has 0 saturated carbocycles. The predicted octanol–water partition coefficient (Wildman–Crippen LogP) is 5.45. The van der Waals surface area contributed by atoms with Crippen LogP contribution in [0.4, 0.5) is 0 Å². The van der Waals surface area contributed by atoms with E-state index in [1.54, 1.807) is 5.57 Å². The smallest absolute Gasteiger partial charge is 0.244 e. The molecule has 0 aromatic rings. The Hall–Kier alpha value is -1.31. The van der Waals surface area contributed by atoms with Gasteiger partial charge in [-0.25, -0.2) is 0 Å². The number of hydrogen-bond donors (Lipinski definition) is 1. The minimum atomic E-state index is -0.218. The predicted molar refractivity (Wildman–Crippen MR) is 97.9 cm³/mol. The van der Waals surface area contributed by atoms with Crippen LogP contribution in [0, 0.1) is 10.8 Å². The number of nitrogens with two attached hydrogens (primary N) is 1. The molecular formula is C21H33NO. The number of rotatable bonds is 1. The maximum Gasteiger partial charge on any atom is 0.244 e. The number of primary amides is 1. The van der Waals surface area contributed by atoms with Crippen LogP contribution >= 0.6 is 0 Å². The van der Waals surface area contributed by atoms with Crippen molar-refractivity contribution in [3.05, 3.63) is 34.4 Å². The average molecular weight is 316 g/mol. The Morgan fingerprint density at radius 2 is 1.87 bits per heavy atom. The highest BCUT2D eigenvalue weighted by Gasteiger charge is 2.29. The van der Waals surface area contributed by atoms with E-state index in [9.17, 15) is 4.79 Å². The van der Waals surface area contributed by atoms with Gasteiger partial charge in [-0.1, -0.05) is 63.5 Å². The molecule has 1 amide bonds. The number of allylic oxidation sites excluding steroid dienone is 5. The number of amides is 1. The summed E-state index contributed by atoms with van der Waals surface area (Å²) in [6.45, 7) is 11.5. The molecule has 2 heteroatoms. The fourth-order valence-corrected chi connectivity index (χ4v) is 3.83. The number of carbonyl (C=O) groups is 1. The average Bonchev–Trinajstić information content (AvgIpc) is 2.42. The second kappa shape index (κ2) is 6.67. The van der Waals surface area contributed by atoms with Crippen LogP contribution in [0.3, 0.4) is 0 Å². The van der Waals surface area contributed by atoms with Gasteiger partial charge in [-0.05, 0) is 55.8 Å². The second-order valence-corrected chi connectivity index (χ2v) is 8.81. The van der Waals surface area contributed by atoms with E-state index in [4.69, 9.17) is 5.73 Å². The quantitative estimate of drug-likeness (QED) is 0.642. The lowest BCUT2D eigenvalue weighted by molar-refractivity contribution is -0.114. The van der Waals surface area contributed by atoms with E-state index in [1.807, 2.05) is 0 Å². The number of hydrogen-bond acceptors (Lipinski definition) is 1. The first-order chi connectivity index (χ1) is 10.6. The van der Waals surface area contributed by atoms with Gasteiger partial charge in [-0.3, -0.25) is 4.79 Å². The summed E-state index contributed by atoms with van der Waals surface area (Å²) in [4.78, 5) is 11.9. The van der Waals surface area contributed by atoms with Crippen LogP contribution in [0.25, 0.3) is 0 Å². The SMILES string of the molecule is CC1(C)CC/C=C(/C(C)(C)C)CCCC2=C(C(N)=O)CC1=CC2. The summed E-state index contributed by atoms with van der Waals surface area (Å²) in [5.74, 6) is -0.218. The van der Waals surface area contributed by atoms with Gasteiger partial charge in [-0.15, -0.1) is 0 Å². The highest BCUT2D eigenvalue weighted by atomic mass is 16.1. The molecule has 0 saturated heterocycles. The summed E-state index contributed by atoms with van der Waals surface area (Å²) in [6.07, 6.45) is 12.0. The van der Waals surface area contributed by atoms with E-state index in [1.165, 1.54) is 11.1 Å². The fourth-order valence-electron chi connectivity index (χ4n) is 3.83. The number of fused-ring (bicyclic) bond motifs is 8. The van der Waals surface area contributed by atoms with Crippen molar-refractivity contribution < 1.29 is 4.79 Å². The molecule has 0 spiro atoms. The first-order valence-corrected chi connectivity index (χ1v) is 9.01. The zero-order chi connectivity index (χ0) is 17.3. The molecule has 3 rings (SSSR count). The van der Waals surface area contributed by atoms with Gasteiger partial charge in [0.1, 0.15) is 0 Å². The van der Waals surface area contributed by atoms with Crippen LogP contribution in [-0.4, -0.2) is 5.91 Å². The molecule has 3 aliphatic carbocycles. The van der Waals surface area contributed by atoms with Gasteiger partial charge in [0.25, 0.3) is 0 Å². The fraction of sp³-hybridized carbons (Fsp3) is 0.667. The van der Waals surface area contributed by atoms with Crippen molar-refractivity contribution in [3.8, 4) is 0 Å². The van der Waals surface area contributed by atoms with Crippen molar-refractivity contribution in [3.63, 3.8) is 0 Å². The van der Waals surface area contributed by atoms with Gasteiger partial charge < -0.3 is 5.73 Å². The van der Waals surface area contributed by atoms with E-state index in [2.05, 4.69) is 46.8 Å². The van der Waals surface area contributed by atoms with Crippen LogP contribution < -0.4 is 5.73 Å². The van der Waals surface area contributed by atoms with Crippen molar-refractivity contribution >= 4 is 5.91 Å². The molecule has 2 nitrogen and oxygen atoms in total. The molecule has 23 heavy (non-hydrogen) atoms. The van der Waals surface area contributed by atoms with Crippen molar-refractivity contribution in [2.24, 2.45) is 16.6 Å². The molecule has 3 aliphatic rings. The van der Waals surface area contributed by atoms with Gasteiger partial charge in [0, 0.05) is 5.57 Å². The Morgan fingerprint density at radius 1 is 1.17 bits per heavy atom. The summed E-state index contributed by atoms with van der Waals surface area (Å²) in [7, 11) is 0. The van der Waals surface area contributed by atoms with E-state index in [0.29, 0.717) is 0 Å². The summed E-state index contributed by atoms with van der Waals surface area (Å²) in [6, 6.07) is 0. The van der Waals surface area contributed by atoms with E-state index in [-0.39, 0.29) is 16.7 Å². The Kier molecular flexibility index (Phi) is 5.23. The standard InChI is InChI=1S/C21H33NO/c1-20(2,3)16-9-6-8-15-11-12-17(14-18(15)19(22)23)21(4,5)13-7-10-16/h10,12H,6-9,11,13-14H2,1-5H3,(H2,22,23)/b16-10+. The molecule has 0 fully saturated rings. The highest BCUT2D eigenvalue weighted by molar-refractivity contribution is 5.93. The van der Waals surface area contributed by atoms with Crippen molar-refractivity contribution in [2.75, 3.05) is 0 Å². The van der Waals surface area contributed by atoms with E-state index >= 15 is 0 Å². The molecule has 2 N–H and O–H groups in total. The molecule has 0 aliphatic heterocycles. The minimum Gasteiger partial charge on any atom is -0.366 e. The highest BCUT2D eigenvalue weighted by Crippen LogP contribution is 2.42. The van der Waals surface area contributed by atoms with E-state index < -0.39 is 0 Å². The summed E-state index contributed by atoms with van der Waals surface area (Å²) in [5, 5.41) is 0. The third-order valence-corrected chi connectivity index (χ3v) is 5.60. The summed E-state index contributed by atoms with van der Waals surface area (Å²) < 4.78 is 0. The summed E-state index contributed by atoms with van der Waals surface area (Å²) >= 11 is 0. The molecule has 0 radical (unpaired) electrons. The third kappa shape index (κ3) is 4.37. The molecule has 2 bridgehead atoms. The van der Waals surface area contributed by atoms with Crippen molar-refractivity contribution in [1.82, 2.24) is 0 Å². The first kappa shape index (κ1) is 18.0. The zero-order valence-electron chi connectivity index (χ0n) is 15.6. The zero-order valence-corrected chi connectivity index (χ0v) is 15.6. The van der Waals surface area contributed by atoms with Gasteiger partial charge in [0.05, 0.1) is 0 Å². The maximum atomic E-state index is 11.9. The molecular weight excluding hydrogens is 282 g/mol. The van der Waals surface area contributed by atoms with Gasteiger partial charge in [0.15, 0.2) is 0 Å². The van der Waals surface area contributed by atoms with Gasteiger partial charge in [0.2, 0.25) is 5.91 Å². The third-order valence-electron chi connectivity index (χ3n) is 5.60. The first-order valence-electron chi connectivity index (χ1n) is 9.01. The molecule has 0 unspecified atom stereocenters. The largest absolute Gasteiger partial charge is 0.366 e. The molecule has 0 aromatic heterocycles. The molecule has 0 aromatic carbocycles. The number of carbonyl (C=O) groups excluding carboxylic acids is 1. The minimum absolute atomic E-state index is 0.130. The topological polar surface area (TPSA) is 43.1 Å². The van der Waals surface area contributed by atoms with Crippen LogP contribution in [-0.2, 0) is 4.79 Å². The maximum absolute atomic E-state index is 11.9. The Bertz CT molecular complexity index is 567. The molecule has 0 atom stereocenters. The molecule has 0 heterocycles. The lowest BCUT2D eigenvalue weighted by Crippen LogP contribution is -2.24. The monoisotopic (exact) mass is 315 g/mol. The Balaban J connectivity index is 2.34. The Morgan fingerprint density at radius 3 is 2.48 bits per heavy atom. The van der Waals surface area contributed by atoms with Crippen molar-refractivity contribution in [1.29, 1.82) is 0 Å². The van der Waals surface area contributed by atoms with Gasteiger partial charge >= 0.3 is 0 Å². The van der Waals surface area contributed by atoms with E-state index in [0.717, 1.165) is 50.5 Å². The van der Waals surface area contributed by atoms with Crippen LogP contribution in [0.5, 0.6) is 0 Å². The normalized spacial score (nSPS) is 25.1. The second-order valence-electron chi connectivity index (χ2n) is 8.81. The van der Waals surface area contributed by atoms with Crippen LogP contribution in [0.1, 0.15) is 79.6 Å². The van der Waals surface area contributed by atoms with Gasteiger partial charge in [-0.2, -0.15) is 0 Å². The van der Waals surface area contributed by atoms with Crippen LogP contribution in [0.2, 0.25) is 0 Å². The lowest BCUT2D eigenvalue weighted by atomic mass is 9.72. The van der Waals surface area contributed by atoms with Crippen LogP contribution in [0.15, 0.2) is 34.4 Å². The Labute approximate surface area is 141 Å².